The molecule has 80 valence electrons. The molecule has 0 aliphatic heterocycles. The summed E-state index contributed by atoms with van der Waals surface area (Å²) in [5.41, 5.74) is 8.03. The second-order valence-electron chi connectivity index (χ2n) is 5.25. The van der Waals surface area contributed by atoms with Crippen LogP contribution in [-0.4, -0.2) is 10.5 Å². The highest BCUT2D eigenvalue weighted by Crippen LogP contribution is 2.50. The SMILES string of the molecule is NC12CCC(CC1)CC2c1ccncc1. The molecule has 4 rings (SSSR count). The molecule has 3 aliphatic rings. The Morgan fingerprint density at radius 2 is 1.87 bits per heavy atom. The molecule has 2 N–H and O–H groups in total. The zero-order valence-electron chi connectivity index (χ0n) is 9.02. The molecule has 0 spiro atoms. The van der Waals surface area contributed by atoms with Gasteiger partial charge in [-0.1, -0.05) is 0 Å². The number of fused-ring (bicyclic) bond motifs is 3. The Morgan fingerprint density at radius 1 is 1.20 bits per heavy atom. The first-order valence-corrected chi connectivity index (χ1v) is 5.97. The van der Waals surface area contributed by atoms with E-state index in [1.54, 1.807) is 0 Å². The largest absolute Gasteiger partial charge is 0.325 e. The summed E-state index contributed by atoms with van der Waals surface area (Å²) in [7, 11) is 0. The smallest absolute Gasteiger partial charge is 0.0270 e. The van der Waals surface area contributed by atoms with Crippen molar-refractivity contribution in [2.24, 2.45) is 11.7 Å². The van der Waals surface area contributed by atoms with Gasteiger partial charge in [-0.05, 0) is 55.7 Å². The van der Waals surface area contributed by atoms with Crippen LogP contribution in [0.5, 0.6) is 0 Å². The molecule has 2 nitrogen and oxygen atoms in total. The first kappa shape index (κ1) is 9.34. The number of rotatable bonds is 1. The molecule has 0 saturated heterocycles. The predicted octanol–water partition coefficient (Wildman–Crippen LogP) is 2.46. The second kappa shape index (κ2) is 3.31. The third-order valence-electron chi connectivity index (χ3n) is 4.41. The van der Waals surface area contributed by atoms with Gasteiger partial charge in [-0.25, -0.2) is 0 Å². The van der Waals surface area contributed by atoms with Crippen LogP contribution in [0.1, 0.15) is 43.6 Å². The topological polar surface area (TPSA) is 38.9 Å². The fourth-order valence-electron chi connectivity index (χ4n) is 3.43. The minimum absolute atomic E-state index is 0.0795. The minimum atomic E-state index is 0.0795. The lowest BCUT2D eigenvalue weighted by molar-refractivity contribution is 0.111. The number of hydrogen-bond donors (Lipinski definition) is 1. The van der Waals surface area contributed by atoms with Gasteiger partial charge in [0.25, 0.3) is 0 Å². The van der Waals surface area contributed by atoms with E-state index in [1.165, 1.54) is 37.7 Å². The molecule has 3 fully saturated rings. The average molecular weight is 202 g/mol. The Kier molecular flexibility index (Phi) is 2.06. The van der Waals surface area contributed by atoms with Crippen molar-refractivity contribution in [3.63, 3.8) is 0 Å². The maximum absolute atomic E-state index is 6.55. The molecule has 15 heavy (non-hydrogen) atoms. The van der Waals surface area contributed by atoms with Gasteiger partial charge >= 0.3 is 0 Å². The summed E-state index contributed by atoms with van der Waals surface area (Å²) in [6.07, 6.45) is 10.2. The van der Waals surface area contributed by atoms with E-state index < -0.39 is 0 Å². The number of nitrogens with two attached hydrogens (primary N) is 1. The van der Waals surface area contributed by atoms with Gasteiger partial charge in [-0.3, -0.25) is 4.98 Å². The lowest BCUT2D eigenvalue weighted by Crippen LogP contribution is -2.53. The molecule has 1 aromatic rings. The van der Waals surface area contributed by atoms with E-state index in [1.807, 2.05) is 12.4 Å². The Labute approximate surface area is 90.9 Å². The average Bonchev–Trinajstić information content (AvgIpc) is 2.30. The summed E-state index contributed by atoms with van der Waals surface area (Å²) in [6.45, 7) is 0. The summed E-state index contributed by atoms with van der Waals surface area (Å²) in [5, 5.41) is 0. The first-order chi connectivity index (χ1) is 7.28. The van der Waals surface area contributed by atoms with Crippen molar-refractivity contribution in [2.75, 3.05) is 0 Å². The van der Waals surface area contributed by atoms with Crippen LogP contribution in [0.4, 0.5) is 0 Å². The zero-order chi connectivity index (χ0) is 10.3. The lowest BCUT2D eigenvalue weighted by Gasteiger charge is -2.50. The predicted molar refractivity (Wildman–Crippen MR) is 60.5 cm³/mol. The molecule has 1 heterocycles. The number of hydrogen-bond acceptors (Lipinski definition) is 2. The van der Waals surface area contributed by atoms with E-state index >= 15 is 0 Å². The van der Waals surface area contributed by atoms with E-state index in [2.05, 4.69) is 17.1 Å². The van der Waals surface area contributed by atoms with Gasteiger partial charge in [0.15, 0.2) is 0 Å². The van der Waals surface area contributed by atoms with Gasteiger partial charge in [0, 0.05) is 23.9 Å². The van der Waals surface area contributed by atoms with Crippen molar-refractivity contribution in [2.45, 2.75) is 43.6 Å². The number of pyridine rings is 1. The van der Waals surface area contributed by atoms with Crippen molar-refractivity contribution in [1.82, 2.24) is 4.98 Å². The number of nitrogens with zero attached hydrogens (tertiary/aromatic N) is 1. The van der Waals surface area contributed by atoms with Crippen molar-refractivity contribution in [1.29, 1.82) is 0 Å². The monoisotopic (exact) mass is 202 g/mol. The summed E-state index contributed by atoms with van der Waals surface area (Å²) in [4.78, 5) is 4.08. The summed E-state index contributed by atoms with van der Waals surface area (Å²) >= 11 is 0. The van der Waals surface area contributed by atoms with Gasteiger partial charge in [-0.15, -0.1) is 0 Å². The van der Waals surface area contributed by atoms with E-state index in [-0.39, 0.29) is 5.54 Å². The van der Waals surface area contributed by atoms with E-state index in [0.717, 1.165) is 5.92 Å². The normalized spacial score (nSPS) is 39.3. The van der Waals surface area contributed by atoms with Gasteiger partial charge in [-0.2, -0.15) is 0 Å². The molecule has 2 bridgehead atoms. The molecular weight excluding hydrogens is 184 g/mol. The Bertz CT molecular complexity index is 339. The molecule has 0 aromatic carbocycles. The molecule has 1 unspecified atom stereocenters. The molecule has 0 radical (unpaired) electrons. The second-order valence-corrected chi connectivity index (χ2v) is 5.25. The van der Waals surface area contributed by atoms with Gasteiger partial charge < -0.3 is 5.73 Å². The number of aromatic nitrogens is 1. The molecule has 1 aromatic heterocycles. The van der Waals surface area contributed by atoms with Crippen LogP contribution in [0.2, 0.25) is 0 Å². The Morgan fingerprint density at radius 3 is 2.47 bits per heavy atom. The third-order valence-corrected chi connectivity index (χ3v) is 4.41. The Balaban J connectivity index is 1.94. The molecule has 0 amide bonds. The fraction of sp³-hybridized carbons (Fsp3) is 0.615. The van der Waals surface area contributed by atoms with E-state index in [4.69, 9.17) is 5.73 Å². The van der Waals surface area contributed by atoms with Crippen LogP contribution in [0.15, 0.2) is 24.5 Å². The van der Waals surface area contributed by atoms with Crippen LogP contribution < -0.4 is 5.73 Å². The van der Waals surface area contributed by atoms with Crippen molar-refractivity contribution >= 4 is 0 Å². The zero-order valence-corrected chi connectivity index (χ0v) is 9.02. The third kappa shape index (κ3) is 1.48. The van der Waals surface area contributed by atoms with Crippen LogP contribution >= 0.6 is 0 Å². The maximum atomic E-state index is 6.55. The van der Waals surface area contributed by atoms with Crippen LogP contribution in [0.25, 0.3) is 0 Å². The first-order valence-electron chi connectivity index (χ1n) is 5.97. The molecule has 3 aliphatic carbocycles. The highest BCUT2D eigenvalue weighted by molar-refractivity contribution is 5.24. The van der Waals surface area contributed by atoms with E-state index in [9.17, 15) is 0 Å². The lowest BCUT2D eigenvalue weighted by atomic mass is 9.58. The quantitative estimate of drug-likeness (QED) is 0.759. The summed E-state index contributed by atoms with van der Waals surface area (Å²) in [6, 6.07) is 4.28. The van der Waals surface area contributed by atoms with Crippen molar-refractivity contribution in [3.05, 3.63) is 30.1 Å². The van der Waals surface area contributed by atoms with Crippen LogP contribution in [0.3, 0.4) is 0 Å². The molecule has 3 saturated carbocycles. The van der Waals surface area contributed by atoms with Gasteiger partial charge in [0.1, 0.15) is 0 Å². The van der Waals surface area contributed by atoms with Crippen LogP contribution in [-0.2, 0) is 0 Å². The highest BCUT2D eigenvalue weighted by atomic mass is 14.8. The highest BCUT2D eigenvalue weighted by Gasteiger charge is 2.45. The standard InChI is InChI=1S/C13H18N2/c14-13-5-1-10(2-6-13)9-12(13)11-3-7-15-8-4-11/h3-4,7-8,10,12H,1-2,5-6,9,14H2. The van der Waals surface area contributed by atoms with E-state index in [0.29, 0.717) is 5.92 Å². The van der Waals surface area contributed by atoms with Gasteiger partial charge in [0.05, 0.1) is 0 Å². The summed E-state index contributed by atoms with van der Waals surface area (Å²) in [5.74, 6) is 1.50. The fourth-order valence-corrected chi connectivity index (χ4v) is 3.43. The summed E-state index contributed by atoms with van der Waals surface area (Å²) < 4.78 is 0. The van der Waals surface area contributed by atoms with Crippen LogP contribution in [0, 0.1) is 5.92 Å². The van der Waals surface area contributed by atoms with Crippen molar-refractivity contribution < 1.29 is 0 Å². The minimum Gasteiger partial charge on any atom is -0.325 e. The molecule has 2 heteroatoms. The molecular formula is C13H18N2. The Hall–Kier alpha value is -0.890. The maximum Gasteiger partial charge on any atom is 0.0270 e. The molecule has 1 atom stereocenters. The van der Waals surface area contributed by atoms with Gasteiger partial charge in [0.2, 0.25) is 0 Å². The van der Waals surface area contributed by atoms with Crippen molar-refractivity contribution in [3.8, 4) is 0 Å².